The molecule has 0 aliphatic rings. The van der Waals surface area contributed by atoms with Crippen molar-refractivity contribution in [2.45, 2.75) is 6.54 Å². The first kappa shape index (κ1) is 17.2. The van der Waals surface area contributed by atoms with Gasteiger partial charge in [-0.25, -0.2) is 4.68 Å². The van der Waals surface area contributed by atoms with Crippen LogP contribution in [0.15, 0.2) is 83.7 Å². The van der Waals surface area contributed by atoms with Crippen LogP contribution in [0.5, 0.6) is 0 Å². The minimum Gasteiger partial charge on any atom is -0.292 e. The van der Waals surface area contributed by atoms with Crippen LogP contribution in [0.1, 0.15) is 10.4 Å². The Morgan fingerprint density at radius 3 is 2.19 bits per heavy atom. The maximum atomic E-state index is 12.9. The largest absolute Gasteiger partial charge is 0.292 e. The highest BCUT2D eigenvalue weighted by molar-refractivity contribution is 6.30. The summed E-state index contributed by atoms with van der Waals surface area (Å²) in [4.78, 5) is 25.5. The first-order chi connectivity index (χ1) is 13.1. The highest BCUT2D eigenvalue weighted by atomic mass is 35.5. The quantitative estimate of drug-likeness (QED) is 0.490. The summed E-state index contributed by atoms with van der Waals surface area (Å²) in [5.74, 6) is -0.199. The van der Waals surface area contributed by atoms with Crippen molar-refractivity contribution in [3.05, 3.63) is 99.8 Å². The van der Waals surface area contributed by atoms with E-state index in [9.17, 15) is 9.59 Å². The second-order valence-corrected chi connectivity index (χ2v) is 6.59. The molecule has 0 atom stereocenters. The van der Waals surface area contributed by atoms with Gasteiger partial charge in [0.25, 0.3) is 5.56 Å². The predicted molar refractivity (Wildman–Crippen MR) is 107 cm³/mol. The molecular formula is C22H15ClN2O2. The summed E-state index contributed by atoms with van der Waals surface area (Å²) in [6, 6.07) is 23.5. The van der Waals surface area contributed by atoms with Crippen LogP contribution < -0.4 is 5.56 Å². The van der Waals surface area contributed by atoms with Crippen LogP contribution >= 0.6 is 11.6 Å². The normalized spacial score (nSPS) is 10.9. The zero-order chi connectivity index (χ0) is 18.8. The summed E-state index contributed by atoms with van der Waals surface area (Å²) < 4.78 is 1.24. The molecule has 27 heavy (non-hydrogen) atoms. The number of nitrogens with zero attached hydrogens (tertiary/aromatic N) is 2. The zero-order valence-electron chi connectivity index (χ0n) is 14.3. The lowest BCUT2D eigenvalue weighted by atomic mass is 10.1. The highest BCUT2D eigenvalue weighted by Gasteiger charge is 2.15. The van der Waals surface area contributed by atoms with Gasteiger partial charge in [-0.1, -0.05) is 60.1 Å². The van der Waals surface area contributed by atoms with E-state index in [0.717, 1.165) is 10.9 Å². The van der Waals surface area contributed by atoms with Crippen molar-refractivity contribution in [2.75, 3.05) is 0 Å². The van der Waals surface area contributed by atoms with Crippen LogP contribution in [0, 0.1) is 0 Å². The lowest BCUT2D eigenvalue weighted by Crippen LogP contribution is -2.27. The molecular weight excluding hydrogens is 360 g/mol. The van der Waals surface area contributed by atoms with Crippen molar-refractivity contribution in [1.29, 1.82) is 0 Å². The van der Waals surface area contributed by atoms with Gasteiger partial charge in [-0.3, -0.25) is 9.59 Å². The van der Waals surface area contributed by atoms with Crippen molar-refractivity contribution in [2.24, 2.45) is 0 Å². The molecule has 4 rings (SSSR count). The zero-order valence-corrected chi connectivity index (χ0v) is 15.1. The molecule has 0 N–H and O–H groups in total. The lowest BCUT2D eigenvalue weighted by Gasteiger charge is -2.11. The molecule has 0 amide bonds. The highest BCUT2D eigenvalue weighted by Crippen LogP contribution is 2.24. The SMILES string of the molecule is O=C(Cn1nc(-c2ccccc2)c2ccccc2c1=O)c1ccc(Cl)cc1. The van der Waals surface area contributed by atoms with Gasteiger partial charge in [0, 0.05) is 21.5 Å². The lowest BCUT2D eigenvalue weighted by molar-refractivity contribution is 0.0966. The van der Waals surface area contributed by atoms with Crippen LogP contribution in [0.25, 0.3) is 22.0 Å². The van der Waals surface area contributed by atoms with E-state index in [1.165, 1.54) is 4.68 Å². The Morgan fingerprint density at radius 2 is 1.48 bits per heavy atom. The van der Waals surface area contributed by atoms with Gasteiger partial charge in [-0.2, -0.15) is 5.10 Å². The van der Waals surface area contributed by atoms with Gasteiger partial charge in [0.05, 0.1) is 11.1 Å². The van der Waals surface area contributed by atoms with Crippen molar-refractivity contribution in [1.82, 2.24) is 9.78 Å². The Hall–Kier alpha value is -3.24. The Balaban J connectivity index is 1.84. The number of fused-ring (bicyclic) bond motifs is 1. The van der Waals surface area contributed by atoms with Crippen LogP contribution in [0.2, 0.25) is 5.02 Å². The molecule has 3 aromatic carbocycles. The van der Waals surface area contributed by atoms with E-state index in [1.807, 2.05) is 48.5 Å². The molecule has 4 aromatic rings. The number of Topliss-reactive ketones (excluding diaryl/α,β-unsaturated/α-hetero) is 1. The van der Waals surface area contributed by atoms with Crippen molar-refractivity contribution in [3.63, 3.8) is 0 Å². The molecule has 0 radical (unpaired) electrons. The molecule has 0 saturated carbocycles. The molecule has 0 bridgehead atoms. The van der Waals surface area contributed by atoms with Gasteiger partial charge in [-0.15, -0.1) is 0 Å². The summed E-state index contributed by atoms with van der Waals surface area (Å²) >= 11 is 5.88. The summed E-state index contributed by atoms with van der Waals surface area (Å²) in [5.41, 5.74) is 1.77. The van der Waals surface area contributed by atoms with E-state index in [0.29, 0.717) is 21.7 Å². The van der Waals surface area contributed by atoms with E-state index >= 15 is 0 Å². The number of halogens is 1. The van der Waals surface area contributed by atoms with E-state index in [4.69, 9.17) is 11.6 Å². The number of rotatable bonds is 4. The third-order valence-electron chi connectivity index (χ3n) is 4.37. The van der Waals surface area contributed by atoms with Crippen LogP contribution in [0.3, 0.4) is 0 Å². The van der Waals surface area contributed by atoms with Crippen molar-refractivity contribution < 1.29 is 4.79 Å². The molecule has 1 heterocycles. The predicted octanol–water partition coefficient (Wildman–Crippen LogP) is 4.60. The summed E-state index contributed by atoms with van der Waals surface area (Å²) in [5, 5.41) is 6.37. The molecule has 0 unspecified atom stereocenters. The minimum atomic E-state index is -0.285. The molecule has 0 aliphatic heterocycles. The maximum Gasteiger partial charge on any atom is 0.275 e. The fourth-order valence-electron chi connectivity index (χ4n) is 3.01. The molecule has 0 spiro atoms. The molecule has 0 fully saturated rings. The Kier molecular flexibility index (Phi) is 4.57. The fourth-order valence-corrected chi connectivity index (χ4v) is 3.14. The number of aromatic nitrogens is 2. The standard InChI is InChI=1S/C22H15ClN2O2/c23-17-12-10-15(11-13-17)20(26)14-25-22(27)19-9-5-4-8-18(19)21(24-25)16-6-2-1-3-7-16/h1-13H,14H2. The second kappa shape index (κ2) is 7.17. The molecule has 4 nitrogen and oxygen atoms in total. The third kappa shape index (κ3) is 3.39. The minimum absolute atomic E-state index is 0.134. The van der Waals surface area contributed by atoms with Crippen molar-refractivity contribution >= 4 is 28.2 Å². The average molecular weight is 375 g/mol. The molecule has 0 saturated heterocycles. The number of carbonyl (C=O) groups excluding carboxylic acids is 1. The van der Waals surface area contributed by atoms with E-state index in [1.54, 1.807) is 30.3 Å². The summed E-state index contributed by atoms with van der Waals surface area (Å²) in [7, 11) is 0. The molecule has 132 valence electrons. The number of benzene rings is 3. The van der Waals surface area contributed by atoms with Gasteiger partial charge < -0.3 is 0 Å². The van der Waals surface area contributed by atoms with Crippen molar-refractivity contribution in [3.8, 4) is 11.3 Å². The first-order valence-electron chi connectivity index (χ1n) is 8.47. The number of carbonyl (C=O) groups is 1. The second-order valence-electron chi connectivity index (χ2n) is 6.15. The van der Waals surface area contributed by atoms with Crippen LogP contribution in [-0.4, -0.2) is 15.6 Å². The molecule has 0 aliphatic carbocycles. The summed E-state index contributed by atoms with van der Waals surface area (Å²) in [6.45, 7) is -0.134. The maximum absolute atomic E-state index is 12.9. The fraction of sp³-hybridized carbons (Fsp3) is 0.0455. The van der Waals surface area contributed by atoms with Gasteiger partial charge in [0.2, 0.25) is 0 Å². The topological polar surface area (TPSA) is 52.0 Å². The monoisotopic (exact) mass is 374 g/mol. The van der Waals surface area contributed by atoms with Crippen LogP contribution in [0.4, 0.5) is 0 Å². The number of hydrogen-bond donors (Lipinski definition) is 0. The Bertz CT molecular complexity index is 1180. The molecule has 1 aromatic heterocycles. The molecule has 5 heteroatoms. The van der Waals surface area contributed by atoms with E-state index in [-0.39, 0.29) is 17.9 Å². The van der Waals surface area contributed by atoms with Crippen LogP contribution in [-0.2, 0) is 6.54 Å². The third-order valence-corrected chi connectivity index (χ3v) is 4.63. The van der Waals surface area contributed by atoms with E-state index < -0.39 is 0 Å². The smallest absolute Gasteiger partial charge is 0.275 e. The Labute approximate surface area is 160 Å². The van der Waals surface area contributed by atoms with Gasteiger partial charge in [-0.05, 0) is 30.3 Å². The average Bonchev–Trinajstić information content (AvgIpc) is 2.71. The van der Waals surface area contributed by atoms with Gasteiger partial charge in [0.1, 0.15) is 6.54 Å². The summed E-state index contributed by atoms with van der Waals surface area (Å²) in [6.07, 6.45) is 0. The first-order valence-corrected chi connectivity index (χ1v) is 8.85. The Morgan fingerprint density at radius 1 is 0.852 bits per heavy atom. The van der Waals surface area contributed by atoms with E-state index in [2.05, 4.69) is 5.10 Å². The number of hydrogen-bond acceptors (Lipinski definition) is 3. The van der Waals surface area contributed by atoms with Gasteiger partial charge in [0.15, 0.2) is 5.78 Å². The number of ketones is 1. The van der Waals surface area contributed by atoms with Gasteiger partial charge >= 0.3 is 0 Å².